The zero-order valence-electron chi connectivity index (χ0n) is 12.7. The van der Waals surface area contributed by atoms with E-state index in [1.165, 1.54) is 0 Å². The molecule has 6 heteroatoms. The highest BCUT2D eigenvalue weighted by molar-refractivity contribution is 5.95. The molecule has 2 fully saturated rings. The van der Waals surface area contributed by atoms with Crippen LogP contribution in [0.2, 0.25) is 0 Å². The molecule has 2 saturated heterocycles. The number of H-pyrrole nitrogens is 1. The highest BCUT2D eigenvalue weighted by Crippen LogP contribution is 2.25. The van der Waals surface area contributed by atoms with Gasteiger partial charge in [-0.2, -0.15) is 0 Å². The lowest BCUT2D eigenvalue weighted by Crippen LogP contribution is -2.62. The minimum absolute atomic E-state index is 0.0300. The van der Waals surface area contributed by atoms with Crippen molar-refractivity contribution in [2.75, 3.05) is 13.1 Å². The number of nitrogens with zero attached hydrogens (tertiary/aromatic N) is 2. The van der Waals surface area contributed by atoms with Gasteiger partial charge in [0.1, 0.15) is 12.6 Å². The molecule has 1 aromatic heterocycles. The van der Waals surface area contributed by atoms with Gasteiger partial charge in [-0.25, -0.2) is 0 Å². The summed E-state index contributed by atoms with van der Waals surface area (Å²) in [6.45, 7) is 0.969. The van der Waals surface area contributed by atoms with E-state index in [0.29, 0.717) is 25.9 Å². The van der Waals surface area contributed by atoms with Crippen molar-refractivity contribution in [1.29, 1.82) is 0 Å². The first-order chi connectivity index (χ1) is 11.1. The molecule has 0 unspecified atom stereocenters. The zero-order chi connectivity index (χ0) is 16.0. The summed E-state index contributed by atoms with van der Waals surface area (Å²) in [4.78, 5) is 31.5. The van der Waals surface area contributed by atoms with E-state index < -0.39 is 12.1 Å². The van der Waals surface area contributed by atoms with Crippen LogP contribution < -0.4 is 0 Å². The van der Waals surface area contributed by atoms with Gasteiger partial charge in [0.05, 0.1) is 12.6 Å². The Kier molecular flexibility index (Phi) is 3.34. The molecule has 2 aliphatic heterocycles. The summed E-state index contributed by atoms with van der Waals surface area (Å²) in [6.07, 6.45) is 0.395. The molecule has 4 rings (SSSR count). The van der Waals surface area contributed by atoms with Crippen LogP contribution >= 0.6 is 0 Å². The fraction of sp³-hybridized carbons (Fsp3) is 0.412. The molecule has 6 nitrogen and oxygen atoms in total. The lowest BCUT2D eigenvalue weighted by molar-refractivity contribution is -0.160. The quantitative estimate of drug-likeness (QED) is 0.863. The Hall–Kier alpha value is -2.34. The molecule has 0 saturated carbocycles. The number of hydrogen-bond acceptors (Lipinski definition) is 3. The second-order valence-electron chi connectivity index (χ2n) is 6.36. The Balaban J connectivity index is 1.56. The minimum Gasteiger partial charge on any atom is -0.393 e. The molecular formula is C17H19N3O3. The van der Waals surface area contributed by atoms with Gasteiger partial charge in [0.25, 0.3) is 0 Å². The molecule has 2 aromatic rings. The van der Waals surface area contributed by atoms with Crippen molar-refractivity contribution in [3.05, 3.63) is 36.0 Å². The Bertz CT molecular complexity index is 736. The van der Waals surface area contributed by atoms with Crippen LogP contribution in [0.5, 0.6) is 0 Å². The maximum Gasteiger partial charge on any atom is 0.246 e. The van der Waals surface area contributed by atoms with Crippen molar-refractivity contribution in [3.8, 4) is 0 Å². The number of hydrogen-bond donors (Lipinski definition) is 2. The van der Waals surface area contributed by atoms with Gasteiger partial charge in [-0.15, -0.1) is 0 Å². The standard InChI is InChI=1S/C17H19N3O3/c21-13-5-6-20-15(8-13)17(23)19(10-16(20)22)9-12-7-11-3-1-2-4-14(11)18-12/h1-4,7,13,15,18,21H,5-6,8-10H2/t13-,15+/m1/s1. The topological polar surface area (TPSA) is 76.6 Å². The number of benzene rings is 1. The average Bonchev–Trinajstić information content (AvgIpc) is 2.94. The Morgan fingerprint density at radius 1 is 1.26 bits per heavy atom. The fourth-order valence-corrected chi connectivity index (χ4v) is 3.58. The van der Waals surface area contributed by atoms with E-state index in [2.05, 4.69) is 4.98 Å². The minimum atomic E-state index is -0.510. The van der Waals surface area contributed by atoms with Gasteiger partial charge in [0, 0.05) is 24.2 Å². The normalized spacial score (nSPS) is 25.1. The molecule has 120 valence electrons. The Morgan fingerprint density at radius 3 is 2.91 bits per heavy atom. The molecule has 2 aliphatic rings. The van der Waals surface area contributed by atoms with E-state index >= 15 is 0 Å². The van der Waals surface area contributed by atoms with E-state index in [1.54, 1.807) is 9.80 Å². The van der Waals surface area contributed by atoms with Crippen molar-refractivity contribution >= 4 is 22.7 Å². The summed E-state index contributed by atoms with van der Waals surface area (Å²) in [7, 11) is 0. The van der Waals surface area contributed by atoms with Crippen molar-refractivity contribution in [3.63, 3.8) is 0 Å². The van der Waals surface area contributed by atoms with Gasteiger partial charge in [-0.05, 0) is 23.9 Å². The van der Waals surface area contributed by atoms with Crippen LogP contribution in [0.15, 0.2) is 30.3 Å². The van der Waals surface area contributed by atoms with Crippen LogP contribution in [0.1, 0.15) is 18.5 Å². The number of piperazine rings is 1. The molecule has 2 N–H and O–H groups in total. The number of piperidine rings is 1. The van der Waals surface area contributed by atoms with E-state index in [0.717, 1.165) is 16.6 Å². The summed E-state index contributed by atoms with van der Waals surface area (Å²) in [5, 5.41) is 10.9. The number of aliphatic hydroxyl groups excluding tert-OH is 1. The first kappa shape index (κ1) is 14.3. The first-order valence-electron chi connectivity index (χ1n) is 7.95. The van der Waals surface area contributed by atoms with Crippen molar-refractivity contribution < 1.29 is 14.7 Å². The number of rotatable bonds is 2. The number of para-hydroxylation sites is 1. The van der Waals surface area contributed by atoms with Gasteiger partial charge in [0.15, 0.2) is 0 Å². The molecule has 0 aliphatic carbocycles. The predicted molar refractivity (Wildman–Crippen MR) is 84.5 cm³/mol. The number of aliphatic hydroxyl groups is 1. The van der Waals surface area contributed by atoms with Crippen molar-refractivity contribution in [1.82, 2.24) is 14.8 Å². The van der Waals surface area contributed by atoms with Gasteiger partial charge in [-0.3, -0.25) is 9.59 Å². The number of nitrogens with one attached hydrogen (secondary N) is 1. The molecular weight excluding hydrogens is 294 g/mol. The second-order valence-corrected chi connectivity index (χ2v) is 6.36. The van der Waals surface area contributed by atoms with Crippen molar-refractivity contribution in [2.24, 2.45) is 0 Å². The molecule has 3 heterocycles. The fourth-order valence-electron chi connectivity index (χ4n) is 3.58. The van der Waals surface area contributed by atoms with E-state index in [4.69, 9.17) is 0 Å². The van der Waals surface area contributed by atoms with Crippen LogP contribution in [0.3, 0.4) is 0 Å². The number of carbonyl (C=O) groups excluding carboxylic acids is 2. The lowest BCUT2D eigenvalue weighted by atomic mass is 9.96. The predicted octanol–water partition coefficient (Wildman–Crippen LogP) is 0.862. The summed E-state index contributed by atoms with van der Waals surface area (Å²) in [5.74, 6) is -0.0976. The molecule has 0 bridgehead atoms. The van der Waals surface area contributed by atoms with Crippen LogP contribution in [-0.4, -0.2) is 56.9 Å². The number of aromatic nitrogens is 1. The summed E-state index contributed by atoms with van der Waals surface area (Å²) >= 11 is 0. The van der Waals surface area contributed by atoms with Gasteiger partial charge < -0.3 is 19.9 Å². The molecule has 2 atom stereocenters. The average molecular weight is 313 g/mol. The van der Waals surface area contributed by atoms with E-state index in [1.807, 2.05) is 30.3 Å². The zero-order valence-corrected chi connectivity index (χ0v) is 12.7. The van der Waals surface area contributed by atoms with Crippen LogP contribution in [-0.2, 0) is 16.1 Å². The summed E-state index contributed by atoms with van der Waals surface area (Å²) in [5.41, 5.74) is 1.94. The maximum absolute atomic E-state index is 12.7. The smallest absolute Gasteiger partial charge is 0.246 e. The summed E-state index contributed by atoms with van der Waals surface area (Å²) in [6, 6.07) is 9.43. The number of aromatic amines is 1. The largest absolute Gasteiger partial charge is 0.393 e. The molecule has 23 heavy (non-hydrogen) atoms. The van der Waals surface area contributed by atoms with Gasteiger partial charge in [0.2, 0.25) is 11.8 Å². The van der Waals surface area contributed by atoms with Gasteiger partial charge in [-0.1, -0.05) is 18.2 Å². The van der Waals surface area contributed by atoms with Crippen LogP contribution in [0, 0.1) is 0 Å². The molecule has 0 spiro atoms. The van der Waals surface area contributed by atoms with Crippen LogP contribution in [0.25, 0.3) is 10.9 Å². The molecule has 0 radical (unpaired) electrons. The van der Waals surface area contributed by atoms with E-state index in [-0.39, 0.29) is 18.4 Å². The van der Waals surface area contributed by atoms with Crippen LogP contribution in [0.4, 0.5) is 0 Å². The SMILES string of the molecule is O=C1[C@@H]2C[C@H](O)CCN2C(=O)CN1Cc1cc2ccccc2[nH]1. The third-order valence-electron chi connectivity index (χ3n) is 4.76. The number of amides is 2. The van der Waals surface area contributed by atoms with Gasteiger partial charge >= 0.3 is 0 Å². The van der Waals surface area contributed by atoms with E-state index in [9.17, 15) is 14.7 Å². The highest BCUT2D eigenvalue weighted by Gasteiger charge is 2.42. The summed E-state index contributed by atoms with van der Waals surface area (Å²) < 4.78 is 0. The van der Waals surface area contributed by atoms with Crippen molar-refractivity contribution in [2.45, 2.75) is 31.5 Å². The lowest BCUT2D eigenvalue weighted by Gasteiger charge is -2.43. The third kappa shape index (κ3) is 2.49. The number of carbonyl (C=O) groups is 2. The second kappa shape index (κ2) is 5.38. The first-order valence-corrected chi connectivity index (χ1v) is 7.95. The molecule has 1 aromatic carbocycles. The number of fused-ring (bicyclic) bond motifs is 2. The maximum atomic E-state index is 12.7. The molecule has 2 amide bonds. The Labute approximate surface area is 133 Å². The Morgan fingerprint density at radius 2 is 2.09 bits per heavy atom. The third-order valence-corrected chi connectivity index (χ3v) is 4.76. The highest BCUT2D eigenvalue weighted by atomic mass is 16.3. The monoisotopic (exact) mass is 313 g/mol.